The molecule has 0 aromatic carbocycles. The number of nitrogens with zero attached hydrogens (tertiary/aromatic N) is 1. The second kappa shape index (κ2) is 4.70. The van der Waals surface area contributed by atoms with E-state index in [9.17, 15) is 0 Å². The summed E-state index contributed by atoms with van der Waals surface area (Å²) in [6, 6.07) is 3.67. The number of pyridine rings is 1. The highest BCUT2D eigenvalue weighted by Crippen LogP contribution is 2.19. The SMILES string of the molecule is C[C@@H](O)c1ncccc1Br.Cl. The highest BCUT2D eigenvalue weighted by molar-refractivity contribution is 9.10. The van der Waals surface area contributed by atoms with Crippen molar-refractivity contribution in [2.45, 2.75) is 13.0 Å². The Labute approximate surface area is 80.2 Å². The maximum Gasteiger partial charge on any atom is 0.0943 e. The van der Waals surface area contributed by atoms with Crippen LogP contribution >= 0.6 is 28.3 Å². The molecule has 0 aliphatic rings. The van der Waals surface area contributed by atoms with E-state index in [1.165, 1.54) is 0 Å². The number of halogens is 2. The molecule has 0 fully saturated rings. The van der Waals surface area contributed by atoms with Crippen molar-refractivity contribution in [3.8, 4) is 0 Å². The van der Waals surface area contributed by atoms with Gasteiger partial charge in [0.1, 0.15) is 0 Å². The van der Waals surface area contributed by atoms with Gasteiger partial charge in [0.2, 0.25) is 0 Å². The van der Waals surface area contributed by atoms with E-state index in [4.69, 9.17) is 5.11 Å². The van der Waals surface area contributed by atoms with Crippen molar-refractivity contribution in [3.05, 3.63) is 28.5 Å². The second-order valence-corrected chi connectivity index (χ2v) is 2.90. The zero-order valence-electron chi connectivity index (χ0n) is 5.99. The van der Waals surface area contributed by atoms with Gasteiger partial charge in [0.05, 0.1) is 11.8 Å². The lowest BCUT2D eigenvalue weighted by molar-refractivity contribution is 0.193. The predicted molar refractivity (Wildman–Crippen MR) is 49.8 cm³/mol. The predicted octanol–water partition coefficient (Wildman–Crippen LogP) is 2.32. The zero-order valence-corrected chi connectivity index (χ0v) is 8.39. The first kappa shape index (κ1) is 10.9. The van der Waals surface area contributed by atoms with Crippen LogP contribution in [-0.4, -0.2) is 10.1 Å². The number of aliphatic hydroxyl groups is 1. The molecule has 62 valence electrons. The summed E-state index contributed by atoms with van der Waals surface area (Å²) < 4.78 is 0.852. The van der Waals surface area contributed by atoms with E-state index >= 15 is 0 Å². The fourth-order valence-corrected chi connectivity index (χ4v) is 1.29. The maximum absolute atomic E-state index is 9.11. The Morgan fingerprint density at radius 3 is 2.64 bits per heavy atom. The van der Waals surface area contributed by atoms with Gasteiger partial charge in [0, 0.05) is 10.7 Å². The standard InChI is InChI=1S/C7H8BrNO.ClH/c1-5(10)7-6(8)3-2-4-9-7;/h2-5,10H,1H3;1H/t5-;/m1./s1. The van der Waals surface area contributed by atoms with Crippen molar-refractivity contribution >= 4 is 28.3 Å². The number of aromatic nitrogens is 1. The first-order chi connectivity index (χ1) is 4.72. The van der Waals surface area contributed by atoms with Gasteiger partial charge in [-0.05, 0) is 35.0 Å². The molecule has 1 heterocycles. The molecule has 0 aliphatic carbocycles. The average Bonchev–Trinajstić information content (AvgIpc) is 1.88. The smallest absolute Gasteiger partial charge is 0.0943 e. The lowest BCUT2D eigenvalue weighted by Crippen LogP contribution is -1.95. The molecule has 2 nitrogen and oxygen atoms in total. The largest absolute Gasteiger partial charge is 0.387 e. The van der Waals surface area contributed by atoms with Crippen LogP contribution in [0.15, 0.2) is 22.8 Å². The van der Waals surface area contributed by atoms with Crippen LogP contribution in [0.3, 0.4) is 0 Å². The van der Waals surface area contributed by atoms with Gasteiger partial charge in [-0.3, -0.25) is 4.98 Å². The number of aliphatic hydroxyl groups excluding tert-OH is 1. The molecular weight excluding hydrogens is 229 g/mol. The van der Waals surface area contributed by atoms with E-state index in [0.717, 1.165) is 4.47 Å². The van der Waals surface area contributed by atoms with E-state index in [-0.39, 0.29) is 12.4 Å². The first-order valence-corrected chi connectivity index (χ1v) is 3.79. The van der Waals surface area contributed by atoms with Gasteiger partial charge in [-0.1, -0.05) is 0 Å². The second-order valence-electron chi connectivity index (χ2n) is 2.05. The molecular formula is C7H9BrClNO. The van der Waals surface area contributed by atoms with Crippen LogP contribution < -0.4 is 0 Å². The molecule has 0 unspecified atom stereocenters. The molecule has 11 heavy (non-hydrogen) atoms. The fourth-order valence-electron chi connectivity index (χ4n) is 0.705. The molecule has 1 atom stereocenters. The lowest BCUT2D eigenvalue weighted by atomic mass is 10.2. The molecule has 4 heteroatoms. The molecule has 0 aliphatic heterocycles. The van der Waals surface area contributed by atoms with Crippen LogP contribution in [0.4, 0.5) is 0 Å². The summed E-state index contributed by atoms with van der Waals surface area (Å²) in [5.41, 5.74) is 0.683. The lowest BCUT2D eigenvalue weighted by Gasteiger charge is -2.03. The van der Waals surface area contributed by atoms with Crippen molar-refractivity contribution < 1.29 is 5.11 Å². The molecule has 0 radical (unpaired) electrons. The highest BCUT2D eigenvalue weighted by Gasteiger charge is 2.04. The quantitative estimate of drug-likeness (QED) is 0.814. The minimum Gasteiger partial charge on any atom is -0.387 e. The molecule has 1 N–H and O–H groups in total. The maximum atomic E-state index is 9.11. The zero-order chi connectivity index (χ0) is 7.56. The molecule has 0 saturated carbocycles. The molecule has 0 spiro atoms. The van der Waals surface area contributed by atoms with E-state index < -0.39 is 6.10 Å². The van der Waals surface area contributed by atoms with Crippen molar-refractivity contribution in [3.63, 3.8) is 0 Å². The van der Waals surface area contributed by atoms with Crippen LogP contribution in [0.25, 0.3) is 0 Å². The summed E-state index contributed by atoms with van der Waals surface area (Å²) in [6.07, 6.45) is 1.16. The Morgan fingerprint density at radius 1 is 1.64 bits per heavy atom. The van der Waals surface area contributed by atoms with E-state index in [0.29, 0.717) is 5.69 Å². The van der Waals surface area contributed by atoms with Crippen LogP contribution in [0.5, 0.6) is 0 Å². The third-order valence-electron chi connectivity index (χ3n) is 1.18. The van der Waals surface area contributed by atoms with Gasteiger partial charge >= 0.3 is 0 Å². The van der Waals surface area contributed by atoms with Crippen molar-refractivity contribution in [2.24, 2.45) is 0 Å². The highest BCUT2D eigenvalue weighted by atomic mass is 79.9. The van der Waals surface area contributed by atoms with Gasteiger partial charge in [-0.2, -0.15) is 0 Å². The molecule has 1 rings (SSSR count). The van der Waals surface area contributed by atoms with E-state index in [1.54, 1.807) is 13.1 Å². The number of hydrogen-bond donors (Lipinski definition) is 1. The van der Waals surface area contributed by atoms with E-state index in [1.807, 2.05) is 12.1 Å². The van der Waals surface area contributed by atoms with E-state index in [2.05, 4.69) is 20.9 Å². The summed E-state index contributed by atoms with van der Waals surface area (Å²) in [4.78, 5) is 3.98. The number of rotatable bonds is 1. The Bertz CT molecular complexity index is 229. The molecule has 0 amide bonds. The van der Waals surface area contributed by atoms with Gasteiger partial charge in [0.25, 0.3) is 0 Å². The van der Waals surface area contributed by atoms with Gasteiger partial charge < -0.3 is 5.11 Å². The fraction of sp³-hybridized carbons (Fsp3) is 0.286. The Kier molecular flexibility index (Phi) is 4.65. The van der Waals surface area contributed by atoms with Gasteiger partial charge in [-0.15, -0.1) is 12.4 Å². The normalized spacial score (nSPS) is 11.9. The van der Waals surface area contributed by atoms with Crippen molar-refractivity contribution in [1.82, 2.24) is 4.98 Å². The first-order valence-electron chi connectivity index (χ1n) is 3.00. The third-order valence-corrected chi connectivity index (χ3v) is 1.85. The third kappa shape index (κ3) is 2.77. The topological polar surface area (TPSA) is 33.1 Å². The molecule has 1 aromatic rings. The van der Waals surface area contributed by atoms with Gasteiger partial charge in [-0.25, -0.2) is 0 Å². The molecule has 0 bridgehead atoms. The van der Waals surface area contributed by atoms with Gasteiger partial charge in [0.15, 0.2) is 0 Å². The van der Waals surface area contributed by atoms with Crippen LogP contribution in [0.1, 0.15) is 18.7 Å². The minimum atomic E-state index is -0.504. The average molecular weight is 239 g/mol. The summed E-state index contributed by atoms with van der Waals surface area (Å²) in [7, 11) is 0. The van der Waals surface area contributed by atoms with Crippen LogP contribution in [-0.2, 0) is 0 Å². The minimum absolute atomic E-state index is 0. The Hall–Kier alpha value is -0.120. The van der Waals surface area contributed by atoms with Crippen LogP contribution in [0.2, 0.25) is 0 Å². The summed E-state index contributed by atoms with van der Waals surface area (Å²) >= 11 is 3.27. The summed E-state index contributed by atoms with van der Waals surface area (Å²) in [5, 5.41) is 9.11. The van der Waals surface area contributed by atoms with Crippen molar-refractivity contribution in [1.29, 1.82) is 0 Å². The molecule has 0 saturated heterocycles. The Morgan fingerprint density at radius 2 is 2.27 bits per heavy atom. The number of hydrogen-bond acceptors (Lipinski definition) is 2. The Balaban J connectivity index is 0.000001000. The van der Waals surface area contributed by atoms with Crippen LogP contribution in [0, 0.1) is 0 Å². The summed E-state index contributed by atoms with van der Waals surface area (Å²) in [5.74, 6) is 0. The molecule has 1 aromatic heterocycles. The summed E-state index contributed by atoms with van der Waals surface area (Å²) in [6.45, 7) is 1.69. The van der Waals surface area contributed by atoms with Crippen molar-refractivity contribution in [2.75, 3.05) is 0 Å². The monoisotopic (exact) mass is 237 g/mol.